The number of hydrogen-bond donors (Lipinski definition) is 2. The van der Waals surface area contributed by atoms with Gasteiger partial charge in [-0.25, -0.2) is 4.79 Å². The molecule has 64 valence electrons. The second kappa shape index (κ2) is 2.87. The zero-order chi connectivity index (χ0) is 7.14. The SMILES string of the molecule is Cl.O=C(O)N1C[C@@H]2C[C@H]1CN2. The van der Waals surface area contributed by atoms with Crippen molar-refractivity contribution < 1.29 is 9.90 Å². The van der Waals surface area contributed by atoms with E-state index in [4.69, 9.17) is 5.11 Å². The van der Waals surface area contributed by atoms with Crippen molar-refractivity contribution in [3.63, 3.8) is 0 Å². The number of hydrogen-bond acceptors (Lipinski definition) is 2. The van der Waals surface area contributed by atoms with E-state index in [1.807, 2.05) is 0 Å². The van der Waals surface area contributed by atoms with Gasteiger partial charge in [0.1, 0.15) is 0 Å². The van der Waals surface area contributed by atoms with Crippen molar-refractivity contribution >= 4 is 18.5 Å². The van der Waals surface area contributed by atoms with E-state index in [1.165, 1.54) is 4.90 Å². The summed E-state index contributed by atoms with van der Waals surface area (Å²) in [6, 6.07) is 0.684. The van der Waals surface area contributed by atoms with Crippen LogP contribution in [0.25, 0.3) is 0 Å². The third-order valence-corrected chi connectivity index (χ3v) is 2.30. The van der Waals surface area contributed by atoms with E-state index in [9.17, 15) is 4.79 Å². The van der Waals surface area contributed by atoms with Crippen LogP contribution in [0, 0.1) is 0 Å². The second-order valence-electron chi connectivity index (χ2n) is 2.93. The molecule has 0 aromatic heterocycles. The van der Waals surface area contributed by atoms with E-state index in [1.54, 1.807) is 0 Å². The molecule has 0 aliphatic carbocycles. The Balaban J connectivity index is 0.000000605. The molecule has 2 aliphatic rings. The minimum atomic E-state index is -0.769. The highest BCUT2D eigenvalue weighted by molar-refractivity contribution is 5.85. The molecular weight excluding hydrogens is 168 g/mol. The number of nitrogens with zero attached hydrogens (tertiary/aromatic N) is 1. The molecule has 4 nitrogen and oxygen atoms in total. The number of amides is 1. The van der Waals surface area contributed by atoms with Crippen molar-refractivity contribution in [2.45, 2.75) is 18.5 Å². The van der Waals surface area contributed by atoms with E-state index in [-0.39, 0.29) is 18.4 Å². The van der Waals surface area contributed by atoms with Crippen molar-refractivity contribution in [2.24, 2.45) is 0 Å². The number of carbonyl (C=O) groups is 1. The van der Waals surface area contributed by atoms with Gasteiger partial charge < -0.3 is 15.3 Å². The highest BCUT2D eigenvalue weighted by Gasteiger charge is 2.39. The summed E-state index contributed by atoms with van der Waals surface area (Å²) in [4.78, 5) is 12.0. The van der Waals surface area contributed by atoms with E-state index in [0.717, 1.165) is 13.0 Å². The summed E-state index contributed by atoms with van der Waals surface area (Å²) in [6.45, 7) is 1.52. The fourth-order valence-electron chi connectivity index (χ4n) is 1.80. The van der Waals surface area contributed by atoms with Crippen LogP contribution in [0.3, 0.4) is 0 Å². The second-order valence-corrected chi connectivity index (χ2v) is 2.93. The molecule has 0 aromatic rings. The van der Waals surface area contributed by atoms with Crippen LogP contribution in [-0.2, 0) is 0 Å². The normalized spacial score (nSPS) is 33.6. The molecule has 2 heterocycles. The highest BCUT2D eigenvalue weighted by Crippen LogP contribution is 2.22. The molecule has 2 rings (SSSR count). The van der Waals surface area contributed by atoms with E-state index in [0.29, 0.717) is 12.6 Å². The summed E-state index contributed by atoms with van der Waals surface area (Å²) in [6.07, 6.45) is 0.237. The van der Waals surface area contributed by atoms with E-state index in [2.05, 4.69) is 5.32 Å². The lowest BCUT2D eigenvalue weighted by atomic mass is 10.2. The van der Waals surface area contributed by atoms with Gasteiger partial charge in [-0.1, -0.05) is 0 Å². The summed E-state index contributed by atoms with van der Waals surface area (Å²) in [5, 5.41) is 11.9. The highest BCUT2D eigenvalue weighted by atomic mass is 35.5. The molecule has 2 atom stereocenters. The van der Waals surface area contributed by atoms with Crippen molar-refractivity contribution in [2.75, 3.05) is 13.1 Å². The fourth-order valence-corrected chi connectivity index (χ4v) is 1.80. The third kappa shape index (κ3) is 1.28. The summed E-state index contributed by atoms with van der Waals surface area (Å²) in [5.41, 5.74) is 0. The first-order valence-electron chi connectivity index (χ1n) is 3.50. The number of carboxylic acid groups (broad SMARTS) is 1. The van der Waals surface area contributed by atoms with Gasteiger partial charge in [0, 0.05) is 25.2 Å². The van der Waals surface area contributed by atoms with Gasteiger partial charge in [0.15, 0.2) is 0 Å². The zero-order valence-electron chi connectivity index (χ0n) is 5.99. The zero-order valence-corrected chi connectivity index (χ0v) is 6.80. The summed E-state index contributed by atoms with van der Waals surface area (Å²) >= 11 is 0. The van der Waals surface area contributed by atoms with Gasteiger partial charge in [0.2, 0.25) is 0 Å². The Bertz CT molecular complexity index is 176. The molecule has 0 radical (unpaired) electrons. The van der Waals surface area contributed by atoms with Gasteiger partial charge in [-0.15, -0.1) is 12.4 Å². The summed E-state index contributed by atoms with van der Waals surface area (Å²) in [5.74, 6) is 0. The minimum absolute atomic E-state index is 0. The van der Waals surface area contributed by atoms with Crippen LogP contribution in [0.15, 0.2) is 0 Å². The number of piperazine rings is 1. The average Bonchev–Trinajstić information content (AvgIpc) is 2.44. The van der Waals surface area contributed by atoms with Crippen LogP contribution in [0.5, 0.6) is 0 Å². The molecular formula is C6H11ClN2O2. The van der Waals surface area contributed by atoms with Gasteiger partial charge >= 0.3 is 6.09 Å². The van der Waals surface area contributed by atoms with Crippen LogP contribution in [0.1, 0.15) is 6.42 Å². The van der Waals surface area contributed by atoms with Crippen LogP contribution in [0.2, 0.25) is 0 Å². The van der Waals surface area contributed by atoms with Crippen LogP contribution < -0.4 is 5.32 Å². The summed E-state index contributed by atoms with van der Waals surface area (Å²) < 4.78 is 0. The molecule has 2 aliphatic heterocycles. The van der Waals surface area contributed by atoms with Gasteiger partial charge in [0.25, 0.3) is 0 Å². The molecule has 0 unspecified atom stereocenters. The molecule has 2 fully saturated rings. The average molecular weight is 179 g/mol. The molecule has 2 bridgehead atoms. The number of fused-ring (bicyclic) bond motifs is 2. The van der Waals surface area contributed by atoms with Crippen LogP contribution >= 0.6 is 12.4 Å². The van der Waals surface area contributed by atoms with E-state index >= 15 is 0 Å². The number of halogens is 1. The predicted octanol–water partition coefficient (Wildman–Crippen LogP) is 0.132. The van der Waals surface area contributed by atoms with Gasteiger partial charge in [0.05, 0.1) is 0 Å². The molecule has 0 aromatic carbocycles. The Morgan fingerprint density at radius 1 is 1.64 bits per heavy atom. The first-order valence-corrected chi connectivity index (χ1v) is 3.50. The standard InChI is InChI=1S/C6H10N2O2.ClH/c9-6(10)8-3-4-1-5(8)2-7-4;/h4-5,7H,1-3H2,(H,9,10);1H/t4-,5-;/m0./s1. The number of likely N-dealkylation sites (tertiary alicyclic amines) is 1. The number of nitrogens with one attached hydrogen (secondary N) is 1. The van der Waals surface area contributed by atoms with Crippen molar-refractivity contribution in [3.05, 3.63) is 0 Å². The summed E-state index contributed by atoms with van der Waals surface area (Å²) in [7, 11) is 0. The maximum absolute atomic E-state index is 10.5. The molecule has 5 heteroatoms. The molecule has 2 saturated heterocycles. The maximum atomic E-state index is 10.5. The van der Waals surface area contributed by atoms with Gasteiger partial charge in [-0.2, -0.15) is 0 Å². The Kier molecular flexibility index (Phi) is 2.25. The predicted molar refractivity (Wildman–Crippen MR) is 42.2 cm³/mol. The van der Waals surface area contributed by atoms with Gasteiger partial charge in [-0.05, 0) is 6.42 Å². The quantitative estimate of drug-likeness (QED) is 0.555. The topological polar surface area (TPSA) is 52.6 Å². The lowest BCUT2D eigenvalue weighted by Crippen LogP contribution is -2.45. The molecule has 0 saturated carbocycles. The molecule has 2 N–H and O–H groups in total. The maximum Gasteiger partial charge on any atom is 0.407 e. The smallest absolute Gasteiger partial charge is 0.407 e. The van der Waals surface area contributed by atoms with Crippen molar-refractivity contribution in [1.29, 1.82) is 0 Å². The molecule has 1 amide bonds. The Morgan fingerprint density at radius 3 is 2.64 bits per heavy atom. The minimum Gasteiger partial charge on any atom is -0.465 e. The van der Waals surface area contributed by atoms with E-state index < -0.39 is 6.09 Å². The lowest BCUT2D eigenvalue weighted by molar-refractivity contribution is 0.134. The lowest BCUT2D eigenvalue weighted by Gasteiger charge is -2.23. The Labute approximate surface area is 71.0 Å². The van der Waals surface area contributed by atoms with Crippen molar-refractivity contribution in [1.82, 2.24) is 10.2 Å². The Morgan fingerprint density at radius 2 is 2.36 bits per heavy atom. The largest absolute Gasteiger partial charge is 0.465 e. The van der Waals surface area contributed by atoms with Crippen LogP contribution in [0.4, 0.5) is 4.79 Å². The third-order valence-electron chi connectivity index (χ3n) is 2.30. The first kappa shape index (κ1) is 8.62. The fraction of sp³-hybridized carbons (Fsp3) is 0.833. The monoisotopic (exact) mass is 178 g/mol. The van der Waals surface area contributed by atoms with Crippen molar-refractivity contribution in [3.8, 4) is 0 Å². The van der Waals surface area contributed by atoms with Crippen LogP contribution in [-0.4, -0.2) is 41.3 Å². The number of rotatable bonds is 0. The Hall–Kier alpha value is -0.480. The molecule has 11 heavy (non-hydrogen) atoms. The first-order chi connectivity index (χ1) is 4.77. The molecule has 0 spiro atoms. The van der Waals surface area contributed by atoms with Gasteiger partial charge in [-0.3, -0.25) is 0 Å².